The first-order valence-corrected chi connectivity index (χ1v) is 7.23. The van der Waals surface area contributed by atoms with Gasteiger partial charge in [-0.15, -0.1) is 4.99 Å². The molecule has 0 unspecified atom stereocenters. The van der Waals surface area contributed by atoms with Gasteiger partial charge < -0.3 is 21.1 Å². The minimum absolute atomic E-state index is 0.0191. The van der Waals surface area contributed by atoms with Crippen molar-refractivity contribution in [2.75, 3.05) is 19.6 Å². The normalized spacial score (nSPS) is 17.7. The van der Waals surface area contributed by atoms with Crippen LogP contribution in [-0.2, 0) is 11.3 Å². The number of benzene rings is 1. The van der Waals surface area contributed by atoms with Gasteiger partial charge in [-0.3, -0.25) is 10.1 Å². The molecule has 1 amide bonds. The van der Waals surface area contributed by atoms with E-state index in [1.165, 1.54) is 24.3 Å². The number of hydrogen-bond acceptors (Lipinski definition) is 5. The third-order valence-corrected chi connectivity index (χ3v) is 3.46. The van der Waals surface area contributed by atoms with Gasteiger partial charge in [-0.05, 0) is 43.1 Å². The molecule has 1 saturated heterocycles. The zero-order chi connectivity index (χ0) is 16.7. The Morgan fingerprint density at radius 1 is 1.48 bits per heavy atom. The van der Waals surface area contributed by atoms with Gasteiger partial charge in [0.1, 0.15) is 6.61 Å². The van der Waals surface area contributed by atoms with Crippen LogP contribution in [0.2, 0.25) is 0 Å². The maximum atomic E-state index is 11.5. The van der Waals surface area contributed by atoms with Crippen LogP contribution >= 0.6 is 0 Å². The second-order valence-corrected chi connectivity index (χ2v) is 5.21. The summed E-state index contributed by atoms with van der Waals surface area (Å²) in [6, 6.07) is 5.73. The lowest BCUT2D eigenvalue weighted by atomic mass is 10.1. The van der Waals surface area contributed by atoms with Gasteiger partial charge in [0.2, 0.25) is 0 Å². The number of ether oxygens (including phenoxy) is 1. The number of non-ortho nitro benzene ring substituents is 1. The number of aliphatic imine (C=N–C) groups is 1. The van der Waals surface area contributed by atoms with Crippen LogP contribution in [0.25, 0.3) is 0 Å². The smallest absolute Gasteiger partial charge is 0.437 e. The van der Waals surface area contributed by atoms with Crippen molar-refractivity contribution < 1.29 is 14.5 Å². The maximum Gasteiger partial charge on any atom is 0.437 e. The Morgan fingerprint density at radius 3 is 2.83 bits per heavy atom. The average Bonchev–Trinajstić information content (AvgIpc) is 3.05. The number of nitro benzene ring substituents is 1. The molecule has 0 aliphatic carbocycles. The molecule has 1 aromatic rings. The van der Waals surface area contributed by atoms with Crippen LogP contribution in [0.3, 0.4) is 0 Å². The summed E-state index contributed by atoms with van der Waals surface area (Å²) < 4.78 is 4.94. The molecule has 1 heterocycles. The van der Waals surface area contributed by atoms with Crippen molar-refractivity contribution in [2.24, 2.45) is 16.6 Å². The highest BCUT2D eigenvalue weighted by molar-refractivity contribution is 5.89. The molecule has 1 aliphatic heterocycles. The Hall–Kier alpha value is -2.68. The maximum absolute atomic E-state index is 11.5. The number of nitrogens with one attached hydrogen (secondary N) is 2. The molecule has 23 heavy (non-hydrogen) atoms. The molecule has 9 heteroatoms. The van der Waals surface area contributed by atoms with Crippen molar-refractivity contribution in [1.29, 1.82) is 0 Å². The molecule has 1 fully saturated rings. The lowest BCUT2D eigenvalue weighted by Crippen LogP contribution is -2.36. The predicted octanol–water partition coefficient (Wildman–Crippen LogP) is 0.745. The highest BCUT2D eigenvalue weighted by Crippen LogP contribution is 2.12. The van der Waals surface area contributed by atoms with E-state index in [1.54, 1.807) is 0 Å². The number of rotatable bonds is 5. The van der Waals surface area contributed by atoms with Gasteiger partial charge in [-0.1, -0.05) is 0 Å². The monoisotopic (exact) mass is 321 g/mol. The average molecular weight is 321 g/mol. The first-order chi connectivity index (χ1) is 11.0. The Kier molecular flexibility index (Phi) is 5.87. The second kappa shape index (κ2) is 8.08. The molecule has 124 valence electrons. The first-order valence-electron chi connectivity index (χ1n) is 7.23. The predicted molar refractivity (Wildman–Crippen MR) is 83.9 cm³/mol. The van der Waals surface area contributed by atoms with Crippen molar-refractivity contribution >= 4 is 17.7 Å². The van der Waals surface area contributed by atoms with E-state index in [0.29, 0.717) is 18.0 Å². The summed E-state index contributed by atoms with van der Waals surface area (Å²) in [6.07, 6.45) is 0.253. The Morgan fingerprint density at radius 2 is 2.22 bits per heavy atom. The van der Waals surface area contributed by atoms with Crippen LogP contribution in [0.1, 0.15) is 12.0 Å². The molecule has 4 N–H and O–H groups in total. The number of nitrogens with zero attached hydrogens (tertiary/aromatic N) is 2. The van der Waals surface area contributed by atoms with Gasteiger partial charge in [0.25, 0.3) is 5.69 Å². The molecular formula is C14H19N5O4. The van der Waals surface area contributed by atoms with Crippen LogP contribution in [0.5, 0.6) is 0 Å². The second-order valence-electron chi connectivity index (χ2n) is 5.21. The highest BCUT2D eigenvalue weighted by Gasteiger charge is 2.14. The largest absolute Gasteiger partial charge is 0.443 e. The molecule has 0 saturated carbocycles. The number of carbonyl (C=O) groups is 1. The van der Waals surface area contributed by atoms with Crippen molar-refractivity contribution in [2.45, 2.75) is 13.0 Å². The van der Waals surface area contributed by atoms with Crippen molar-refractivity contribution in [3.8, 4) is 0 Å². The minimum atomic E-state index is -0.808. The van der Waals surface area contributed by atoms with Crippen LogP contribution in [0.15, 0.2) is 29.3 Å². The molecule has 0 spiro atoms. The molecule has 9 nitrogen and oxygen atoms in total. The standard InChI is InChI=1S/C14H19N5O4/c15-13(17-8-11-5-6-16-7-11)18-14(20)23-9-10-1-3-12(4-2-10)19(21)22/h1-4,11,16H,5-9H2,(H3,15,17,18,20)/t11-/m0/s1. The van der Waals surface area contributed by atoms with E-state index in [1.807, 2.05) is 0 Å². The number of nitrogens with two attached hydrogens (primary N) is 1. The van der Waals surface area contributed by atoms with E-state index in [4.69, 9.17) is 10.5 Å². The molecule has 1 atom stereocenters. The summed E-state index contributed by atoms with van der Waals surface area (Å²) in [4.78, 5) is 25.2. The number of nitro groups is 1. The summed E-state index contributed by atoms with van der Waals surface area (Å²) in [6.45, 7) is 2.53. The third-order valence-electron chi connectivity index (χ3n) is 3.46. The molecule has 0 aromatic heterocycles. The summed E-state index contributed by atoms with van der Waals surface area (Å²) in [5.74, 6) is 0.491. The van der Waals surface area contributed by atoms with E-state index in [-0.39, 0.29) is 18.3 Å². The summed E-state index contributed by atoms with van der Waals surface area (Å²) >= 11 is 0. The van der Waals surface area contributed by atoms with Gasteiger partial charge in [0.05, 0.1) is 4.92 Å². The minimum Gasteiger partial charge on any atom is -0.443 e. The number of hydrogen-bond donors (Lipinski definition) is 3. The van der Waals surface area contributed by atoms with Gasteiger partial charge in [-0.25, -0.2) is 4.79 Å². The van der Waals surface area contributed by atoms with Crippen LogP contribution in [-0.4, -0.2) is 36.6 Å². The van der Waals surface area contributed by atoms with Gasteiger partial charge in [0.15, 0.2) is 5.96 Å². The fraction of sp³-hybridized carbons (Fsp3) is 0.429. The Labute approximate surface area is 133 Å². The van der Waals surface area contributed by atoms with Gasteiger partial charge in [-0.2, -0.15) is 0 Å². The topological polar surface area (TPSA) is 132 Å². The fourth-order valence-electron chi connectivity index (χ4n) is 2.17. The Bertz CT molecular complexity index is 581. The summed E-state index contributed by atoms with van der Waals surface area (Å²) in [7, 11) is 0. The van der Waals surface area contributed by atoms with Gasteiger partial charge >= 0.3 is 6.09 Å². The van der Waals surface area contributed by atoms with Crippen molar-refractivity contribution in [1.82, 2.24) is 10.6 Å². The highest BCUT2D eigenvalue weighted by atomic mass is 16.6. The van der Waals surface area contributed by atoms with Gasteiger partial charge in [0, 0.05) is 18.7 Å². The van der Waals surface area contributed by atoms with E-state index >= 15 is 0 Å². The molecular weight excluding hydrogens is 302 g/mol. The molecule has 0 radical (unpaired) electrons. The quantitative estimate of drug-likeness (QED) is 0.315. The Balaban J connectivity index is 1.74. The third kappa shape index (κ3) is 5.55. The van der Waals surface area contributed by atoms with E-state index in [2.05, 4.69) is 15.6 Å². The number of amides is 1. The van der Waals surface area contributed by atoms with Crippen LogP contribution in [0, 0.1) is 16.0 Å². The summed E-state index contributed by atoms with van der Waals surface area (Å²) in [5.41, 5.74) is 6.22. The first kappa shape index (κ1) is 16.7. The number of carbonyl (C=O) groups excluding carboxylic acids is 1. The van der Waals surface area contributed by atoms with E-state index < -0.39 is 11.0 Å². The molecule has 2 rings (SSSR count). The zero-order valence-electron chi connectivity index (χ0n) is 12.5. The lowest BCUT2D eigenvalue weighted by molar-refractivity contribution is -0.384. The zero-order valence-corrected chi connectivity index (χ0v) is 12.5. The molecule has 1 aliphatic rings. The van der Waals surface area contributed by atoms with Crippen LogP contribution in [0.4, 0.5) is 10.5 Å². The van der Waals surface area contributed by atoms with Crippen molar-refractivity contribution in [3.05, 3.63) is 39.9 Å². The molecule has 1 aromatic carbocycles. The van der Waals surface area contributed by atoms with E-state index in [0.717, 1.165) is 19.5 Å². The lowest BCUT2D eigenvalue weighted by Gasteiger charge is -2.10. The van der Waals surface area contributed by atoms with E-state index in [9.17, 15) is 14.9 Å². The number of guanidine groups is 1. The van der Waals surface area contributed by atoms with Crippen LogP contribution < -0.4 is 16.4 Å². The SMILES string of the molecule is NC(=NC(=O)OCc1ccc([N+](=O)[O-])cc1)NC[C@H]1CCNC1. The molecule has 0 bridgehead atoms. The van der Waals surface area contributed by atoms with Crippen molar-refractivity contribution in [3.63, 3.8) is 0 Å². The summed E-state index contributed by atoms with van der Waals surface area (Å²) in [5, 5.41) is 16.7. The fourth-order valence-corrected chi connectivity index (χ4v) is 2.17.